The summed E-state index contributed by atoms with van der Waals surface area (Å²) in [6.07, 6.45) is 0. The fraction of sp³-hybridized carbons (Fsp3) is 0. The number of benzene rings is 9. The first kappa shape index (κ1) is 29.5. The average molecular weight is 735 g/mol. The van der Waals surface area contributed by atoms with Gasteiger partial charge in [-0.2, -0.15) is 0 Å². The van der Waals surface area contributed by atoms with E-state index < -0.39 is 0 Å². The third-order valence-corrected chi connectivity index (χ3v) is 13.4. The molecule has 6 aromatic heterocycles. The Bertz CT molecular complexity index is 3880. The maximum atomic E-state index is 2.56. The van der Waals surface area contributed by atoms with Crippen LogP contribution in [-0.2, 0) is 0 Å². The number of nitrogens with zero attached hydrogens (tertiary/aromatic N) is 4. The summed E-state index contributed by atoms with van der Waals surface area (Å²) >= 11 is 0. The first-order valence-electron chi connectivity index (χ1n) is 20.1. The number of rotatable bonds is 2. The molecule has 0 aliphatic heterocycles. The second-order valence-corrected chi connectivity index (χ2v) is 16.0. The van der Waals surface area contributed by atoms with Crippen molar-refractivity contribution >= 4 is 120 Å². The highest BCUT2D eigenvalue weighted by Gasteiger charge is 2.29. The first-order valence-corrected chi connectivity index (χ1v) is 20.1. The number of aromatic nitrogens is 4. The van der Waals surface area contributed by atoms with Crippen LogP contribution >= 0.6 is 0 Å². The highest BCUT2D eigenvalue weighted by atomic mass is 15.0. The van der Waals surface area contributed by atoms with E-state index in [0.717, 1.165) is 0 Å². The van der Waals surface area contributed by atoms with Crippen molar-refractivity contribution in [1.82, 2.24) is 17.9 Å². The van der Waals surface area contributed by atoms with E-state index in [1.807, 2.05) is 0 Å². The summed E-state index contributed by atoms with van der Waals surface area (Å²) in [4.78, 5) is 0. The predicted molar refractivity (Wildman–Crippen MR) is 244 cm³/mol. The highest BCUT2D eigenvalue weighted by Crippen LogP contribution is 2.52. The van der Waals surface area contributed by atoms with E-state index >= 15 is 0 Å². The first-order chi connectivity index (χ1) is 28.8. The molecule has 4 nitrogen and oxygen atoms in total. The minimum Gasteiger partial charge on any atom is -0.309 e. The van der Waals surface area contributed by atoms with E-state index in [1.165, 1.54) is 131 Å². The van der Waals surface area contributed by atoms with Crippen LogP contribution in [0.4, 0.5) is 0 Å². The zero-order valence-corrected chi connectivity index (χ0v) is 31.1. The van der Waals surface area contributed by atoms with Gasteiger partial charge < -0.3 is 17.9 Å². The third-order valence-electron chi connectivity index (χ3n) is 13.4. The average Bonchev–Trinajstić information content (AvgIpc) is 4.11. The monoisotopic (exact) mass is 734 g/mol. The fourth-order valence-corrected chi connectivity index (χ4v) is 11.2. The van der Waals surface area contributed by atoms with Crippen LogP contribution in [0, 0.1) is 0 Å². The molecule has 0 aliphatic carbocycles. The van der Waals surface area contributed by atoms with Crippen molar-refractivity contribution in [2.24, 2.45) is 0 Å². The topological polar surface area (TPSA) is 18.7 Å². The van der Waals surface area contributed by atoms with Gasteiger partial charge in [-0.25, -0.2) is 0 Å². The molecular formula is C54H30N4. The van der Waals surface area contributed by atoms with E-state index in [1.54, 1.807) is 0 Å². The van der Waals surface area contributed by atoms with Crippen LogP contribution < -0.4 is 0 Å². The largest absolute Gasteiger partial charge is 0.309 e. The van der Waals surface area contributed by atoms with Crippen molar-refractivity contribution in [3.05, 3.63) is 182 Å². The van der Waals surface area contributed by atoms with Crippen molar-refractivity contribution in [3.63, 3.8) is 0 Å². The van der Waals surface area contributed by atoms with Gasteiger partial charge in [0.05, 0.1) is 55.2 Å². The van der Waals surface area contributed by atoms with Crippen LogP contribution in [0.25, 0.3) is 131 Å². The Labute approximate surface area is 329 Å². The molecule has 0 saturated heterocycles. The Morgan fingerprint density at radius 1 is 0.224 bits per heavy atom. The smallest absolute Gasteiger partial charge is 0.0634 e. The molecule has 0 bridgehead atoms. The van der Waals surface area contributed by atoms with E-state index in [-0.39, 0.29) is 0 Å². The Balaban J connectivity index is 1.15. The third kappa shape index (κ3) is 3.30. The molecule has 0 aliphatic rings. The molecule has 58 heavy (non-hydrogen) atoms. The molecule has 266 valence electrons. The van der Waals surface area contributed by atoms with Crippen LogP contribution in [0.15, 0.2) is 182 Å². The molecule has 4 heteroatoms. The van der Waals surface area contributed by atoms with Crippen LogP contribution in [0.2, 0.25) is 0 Å². The summed E-state index contributed by atoms with van der Waals surface area (Å²) in [5.74, 6) is 0. The molecular weight excluding hydrogens is 705 g/mol. The van der Waals surface area contributed by atoms with Gasteiger partial charge in [0.15, 0.2) is 0 Å². The molecule has 0 unspecified atom stereocenters. The molecule has 0 spiro atoms. The summed E-state index contributed by atoms with van der Waals surface area (Å²) in [6, 6.07) is 67.6. The molecule has 0 radical (unpaired) electrons. The van der Waals surface area contributed by atoms with Crippen LogP contribution in [0.3, 0.4) is 0 Å². The van der Waals surface area contributed by atoms with Crippen molar-refractivity contribution in [1.29, 1.82) is 0 Å². The lowest BCUT2D eigenvalue weighted by atomic mass is 9.97. The molecule has 0 fully saturated rings. The van der Waals surface area contributed by atoms with E-state index in [0.29, 0.717) is 0 Å². The summed E-state index contributed by atoms with van der Waals surface area (Å²) in [5.41, 5.74) is 14.8. The molecule has 15 aromatic rings. The van der Waals surface area contributed by atoms with Gasteiger partial charge in [0, 0.05) is 76.0 Å². The lowest BCUT2D eigenvalue weighted by molar-refractivity contribution is 1.18. The number of hydrogen-bond acceptors (Lipinski definition) is 0. The van der Waals surface area contributed by atoms with E-state index in [4.69, 9.17) is 0 Å². The normalized spacial score (nSPS) is 12.8. The second kappa shape index (κ2) is 10.1. The van der Waals surface area contributed by atoms with Crippen molar-refractivity contribution in [2.45, 2.75) is 0 Å². The lowest BCUT2D eigenvalue weighted by Crippen LogP contribution is -1.93. The molecule has 0 amide bonds. The zero-order chi connectivity index (χ0) is 37.4. The van der Waals surface area contributed by atoms with Gasteiger partial charge in [0.2, 0.25) is 0 Å². The fourth-order valence-electron chi connectivity index (χ4n) is 11.2. The van der Waals surface area contributed by atoms with Crippen LogP contribution in [-0.4, -0.2) is 17.9 Å². The molecule has 0 saturated carbocycles. The van der Waals surface area contributed by atoms with E-state index in [2.05, 4.69) is 200 Å². The van der Waals surface area contributed by atoms with Gasteiger partial charge in [-0.3, -0.25) is 0 Å². The summed E-state index contributed by atoms with van der Waals surface area (Å²) < 4.78 is 10.0. The maximum absolute atomic E-state index is 2.56. The minimum atomic E-state index is 1.18. The maximum Gasteiger partial charge on any atom is 0.0634 e. The Kier molecular flexibility index (Phi) is 5.14. The molecule has 15 rings (SSSR count). The Morgan fingerprint density at radius 2 is 0.500 bits per heavy atom. The van der Waals surface area contributed by atoms with Crippen LogP contribution in [0.1, 0.15) is 0 Å². The molecule has 6 heterocycles. The summed E-state index contributed by atoms with van der Waals surface area (Å²) in [6.45, 7) is 0. The number of hydrogen-bond donors (Lipinski definition) is 0. The predicted octanol–water partition coefficient (Wildman–Crippen LogP) is 14.2. The van der Waals surface area contributed by atoms with Crippen molar-refractivity contribution < 1.29 is 0 Å². The van der Waals surface area contributed by atoms with Crippen molar-refractivity contribution in [3.8, 4) is 11.4 Å². The Morgan fingerprint density at radius 3 is 0.862 bits per heavy atom. The Hall–Kier alpha value is -7.82. The van der Waals surface area contributed by atoms with Gasteiger partial charge in [-0.15, -0.1) is 0 Å². The zero-order valence-electron chi connectivity index (χ0n) is 31.1. The van der Waals surface area contributed by atoms with Crippen LogP contribution in [0.5, 0.6) is 0 Å². The summed E-state index contributed by atoms with van der Waals surface area (Å²) in [7, 11) is 0. The molecule has 0 N–H and O–H groups in total. The minimum absolute atomic E-state index is 1.18. The standard InChI is InChI=1S/C54H30N4/c1-7-19-41-33(13-1)34-14-2-8-20-42(34)55(41)31-25-27-47-39(29-31)51-49-37-17-5-12-24-46(37)58-48-28-26-32(56-43-21-9-3-15-35(43)36-16-4-10-22-44(36)56)30-40(48)52(54(49)58)50-38-18-6-11-23-45(38)57(47)53(50)51/h1-30H. The lowest BCUT2D eigenvalue weighted by Gasteiger charge is -2.09. The van der Waals surface area contributed by atoms with Gasteiger partial charge in [0.25, 0.3) is 0 Å². The van der Waals surface area contributed by atoms with Crippen molar-refractivity contribution in [2.75, 3.05) is 0 Å². The quantitative estimate of drug-likeness (QED) is 0.168. The summed E-state index contributed by atoms with van der Waals surface area (Å²) in [5, 5.41) is 15.6. The second-order valence-electron chi connectivity index (χ2n) is 16.0. The van der Waals surface area contributed by atoms with Gasteiger partial charge in [-0.05, 0) is 72.8 Å². The number of fused-ring (bicyclic) bond motifs is 20. The van der Waals surface area contributed by atoms with Gasteiger partial charge in [-0.1, -0.05) is 109 Å². The number of para-hydroxylation sites is 6. The van der Waals surface area contributed by atoms with Gasteiger partial charge in [0.1, 0.15) is 0 Å². The highest BCUT2D eigenvalue weighted by molar-refractivity contribution is 6.45. The van der Waals surface area contributed by atoms with Gasteiger partial charge >= 0.3 is 0 Å². The van der Waals surface area contributed by atoms with E-state index in [9.17, 15) is 0 Å². The SMILES string of the molecule is c1ccc2c(c1)c1ccccc1n2-c1ccc2c(c1)c1c3c4ccccc4n4c5ccc(-n6c7ccccc7c7ccccc76)cc5c(c5c6ccccc6n2c51)c34. The molecule has 9 aromatic carbocycles. The molecule has 0 atom stereocenters.